The van der Waals surface area contributed by atoms with Crippen LogP contribution in [0.25, 0.3) is 11.3 Å². The number of nitrogens with zero attached hydrogens (tertiary/aromatic N) is 3. The first-order chi connectivity index (χ1) is 10.2. The van der Waals surface area contributed by atoms with Crippen molar-refractivity contribution in [1.29, 1.82) is 0 Å². The van der Waals surface area contributed by atoms with Crippen molar-refractivity contribution in [3.05, 3.63) is 30.5 Å². The molecule has 0 amide bonds. The summed E-state index contributed by atoms with van der Waals surface area (Å²) in [6, 6.07) is 5.66. The third kappa shape index (κ3) is 3.40. The van der Waals surface area contributed by atoms with Crippen LogP contribution in [-0.4, -0.2) is 29.2 Å². The number of carbonyl (C=O) groups is 1. The standard InChI is InChI=1S/C14H18N4O3S/c1-9(2)14(10(3)19)18-8-13(16-17-18)11-4-6-12(7-5-11)22(15,20)21/h4-9,14H,1-3H3,(H2,15,20,21)/t14-/m0/s1. The van der Waals surface area contributed by atoms with Crippen molar-refractivity contribution >= 4 is 15.8 Å². The monoisotopic (exact) mass is 322 g/mol. The molecule has 8 heteroatoms. The SMILES string of the molecule is CC(=O)[C@H](C(C)C)n1cc(-c2ccc(S(N)(=O)=O)cc2)nn1. The molecular weight excluding hydrogens is 304 g/mol. The van der Waals surface area contributed by atoms with E-state index < -0.39 is 10.0 Å². The summed E-state index contributed by atoms with van der Waals surface area (Å²) in [5.74, 6) is 0.104. The Morgan fingerprint density at radius 3 is 2.27 bits per heavy atom. The molecule has 2 N–H and O–H groups in total. The lowest BCUT2D eigenvalue weighted by molar-refractivity contribution is -0.121. The largest absolute Gasteiger partial charge is 0.298 e. The second-order valence-electron chi connectivity index (χ2n) is 5.45. The number of carbonyl (C=O) groups excluding carboxylic acids is 1. The summed E-state index contributed by atoms with van der Waals surface area (Å²) in [7, 11) is -3.72. The Labute approximate surface area is 129 Å². The Balaban J connectivity index is 2.34. The van der Waals surface area contributed by atoms with Crippen LogP contribution in [0.5, 0.6) is 0 Å². The van der Waals surface area contributed by atoms with Crippen LogP contribution in [0.1, 0.15) is 26.8 Å². The molecule has 0 saturated carbocycles. The lowest BCUT2D eigenvalue weighted by Crippen LogP contribution is -2.22. The van der Waals surface area contributed by atoms with Gasteiger partial charge in [-0.25, -0.2) is 18.2 Å². The average Bonchev–Trinajstić information content (AvgIpc) is 2.86. The van der Waals surface area contributed by atoms with E-state index >= 15 is 0 Å². The molecule has 1 atom stereocenters. The summed E-state index contributed by atoms with van der Waals surface area (Å²) < 4.78 is 24.0. The molecule has 0 bridgehead atoms. The summed E-state index contributed by atoms with van der Waals surface area (Å²) in [6.07, 6.45) is 1.68. The van der Waals surface area contributed by atoms with Gasteiger partial charge in [0.15, 0.2) is 5.78 Å². The second kappa shape index (κ2) is 5.98. The molecule has 118 valence electrons. The van der Waals surface area contributed by atoms with E-state index in [1.807, 2.05) is 13.8 Å². The third-order valence-corrected chi connectivity index (χ3v) is 4.25. The van der Waals surface area contributed by atoms with Crippen LogP contribution in [0.15, 0.2) is 35.4 Å². The number of hydrogen-bond donors (Lipinski definition) is 1. The summed E-state index contributed by atoms with van der Waals surface area (Å²) in [4.78, 5) is 11.8. The summed E-state index contributed by atoms with van der Waals surface area (Å²) in [5, 5.41) is 13.1. The Morgan fingerprint density at radius 1 is 1.23 bits per heavy atom. The third-order valence-electron chi connectivity index (χ3n) is 3.32. The molecule has 0 radical (unpaired) electrons. The van der Waals surface area contributed by atoms with Gasteiger partial charge in [-0.3, -0.25) is 4.79 Å². The van der Waals surface area contributed by atoms with Crippen molar-refractivity contribution < 1.29 is 13.2 Å². The van der Waals surface area contributed by atoms with Crippen LogP contribution in [0, 0.1) is 5.92 Å². The number of aromatic nitrogens is 3. The van der Waals surface area contributed by atoms with E-state index in [2.05, 4.69) is 10.3 Å². The highest BCUT2D eigenvalue weighted by Gasteiger charge is 2.22. The van der Waals surface area contributed by atoms with Gasteiger partial charge in [0.25, 0.3) is 0 Å². The average molecular weight is 322 g/mol. The van der Waals surface area contributed by atoms with Gasteiger partial charge in [-0.1, -0.05) is 31.2 Å². The van der Waals surface area contributed by atoms with E-state index in [-0.39, 0.29) is 22.6 Å². The van der Waals surface area contributed by atoms with Crippen LogP contribution < -0.4 is 5.14 Å². The number of benzene rings is 1. The number of nitrogens with two attached hydrogens (primary N) is 1. The summed E-state index contributed by atoms with van der Waals surface area (Å²) in [6.45, 7) is 5.40. The van der Waals surface area contributed by atoms with Crippen molar-refractivity contribution in [2.45, 2.75) is 31.7 Å². The van der Waals surface area contributed by atoms with Crippen molar-refractivity contribution in [3.63, 3.8) is 0 Å². The minimum atomic E-state index is -3.72. The normalized spacial score (nSPS) is 13.3. The zero-order chi connectivity index (χ0) is 16.5. The Bertz CT molecular complexity index is 779. The van der Waals surface area contributed by atoms with Gasteiger partial charge in [-0.15, -0.1) is 5.10 Å². The van der Waals surface area contributed by atoms with E-state index in [1.54, 1.807) is 18.3 Å². The number of sulfonamides is 1. The predicted octanol–water partition coefficient (Wildman–Crippen LogP) is 1.38. The van der Waals surface area contributed by atoms with Gasteiger partial charge in [0.1, 0.15) is 11.7 Å². The van der Waals surface area contributed by atoms with Crippen LogP contribution in [0.2, 0.25) is 0 Å². The van der Waals surface area contributed by atoms with Crippen LogP contribution in [-0.2, 0) is 14.8 Å². The van der Waals surface area contributed by atoms with Crippen LogP contribution in [0.4, 0.5) is 0 Å². The molecule has 0 spiro atoms. The number of primary sulfonamides is 1. The van der Waals surface area contributed by atoms with Crippen molar-refractivity contribution in [2.24, 2.45) is 11.1 Å². The fourth-order valence-corrected chi connectivity index (χ4v) is 2.84. The molecular formula is C14H18N4O3S. The highest BCUT2D eigenvalue weighted by atomic mass is 32.2. The van der Waals surface area contributed by atoms with E-state index in [0.717, 1.165) is 0 Å². The molecule has 1 heterocycles. The smallest absolute Gasteiger partial charge is 0.238 e. The highest BCUT2D eigenvalue weighted by Crippen LogP contribution is 2.22. The predicted molar refractivity (Wildman–Crippen MR) is 81.4 cm³/mol. The number of Topliss-reactive ketones (excluding diaryl/α,β-unsaturated/α-hetero) is 1. The molecule has 0 aliphatic carbocycles. The van der Waals surface area contributed by atoms with Gasteiger partial charge < -0.3 is 0 Å². The topological polar surface area (TPSA) is 108 Å². The summed E-state index contributed by atoms with van der Waals surface area (Å²) in [5.41, 5.74) is 1.26. The number of rotatable bonds is 5. The van der Waals surface area contributed by atoms with E-state index in [1.165, 1.54) is 23.7 Å². The molecule has 2 aromatic rings. The fraction of sp³-hybridized carbons (Fsp3) is 0.357. The first-order valence-electron chi connectivity index (χ1n) is 6.75. The zero-order valence-electron chi connectivity index (χ0n) is 12.6. The Morgan fingerprint density at radius 2 is 1.82 bits per heavy atom. The molecule has 1 aromatic heterocycles. The first-order valence-corrected chi connectivity index (χ1v) is 8.30. The first kappa shape index (κ1) is 16.3. The van der Waals surface area contributed by atoms with Gasteiger partial charge in [0.05, 0.1) is 11.1 Å². The molecule has 2 rings (SSSR count). The van der Waals surface area contributed by atoms with Crippen molar-refractivity contribution in [1.82, 2.24) is 15.0 Å². The van der Waals surface area contributed by atoms with Gasteiger partial charge in [0, 0.05) is 5.56 Å². The second-order valence-corrected chi connectivity index (χ2v) is 7.01. The number of ketones is 1. The maximum Gasteiger partial charge on any atom is 0.238 e. The summed E-state index contributed by atoms with van der Waals surface area (Å²) >= 11 is 0. The number of hydrogen-bond acceptors (Lipinski definition) is 5. The molecule has 0 saturated heterocycles. The molecule has 1 aromatic carbocycles. The van der Waals surface area contributed by atoms with E-state index in [0.29, 0.717) is 11.3 Å². The molecule has 0 fully saturated rings. The maximum absolute atomic E-state index is 11.7. The maximum atomic E-state index is 11.7. The molecule has 0 aliphatic rings. The Kier molecular flexibility index (Phi) is 4.43. The molecule has 0 unspecified atom stereocenters. The van der Waals surface area contributed by atoms with Gasteiger partial charge in [-0.2, -0.15) is 0 Å². The van der Waals surface area contributed by atoms with E-state index in [4.69, 9.17) is 5.14 Å². The zero-order valence-corrected chi connectivity index (χ0v) is 13.4. The molecule has 7 nitrogen and oxygen atoms in total. The van der Waals surface area contributed by atoms with Crippen molar-refractivity contribution in [3.8, 4) is 11.3 Å². The fourth-order valence-electron chi connectivity index (χ4n) is 2.32. The minimum absolute atomic E-state index is 0.0102. The molecule has 0 aliphatic heterocycles. The quantitative estimate of drug-likeness (QED) is 0.894. The van der Waals surface area contributed by atoms with Gasteiger partial charge in [-0.05, 0) is 25.0 Å². The molecule has 22 heavy (non-hydrogen) atoms. The minimum Gasteiger partial charge on any atom is -0.298 e. The lowest BCUT2D eigenvalue weighted by Gasteiger charge is -2.17. The van der Waals surface area contributed by atoms with Gasteiger partial charge in [0.2, 0.25) is 10.0 Å². The highest BCUT2D eigenvalue weighted by molar-refractivity contribution is 7.89. The van der Waals surface area contributed by atoms with Crippen LogP contribution >= 0.6 is 0 Å². The van der Waals surface area contributed by atoms with Crippen molar-refractivity contribution in [2.75, 3.05) is 0 Å². The Hall–Kier alpha value is -2.06. The lowest BCUT2D eigenvalue weighted by atomic mass is 10.0. The van der Waals surface area contributed by atoms with Crippen LogP contribution in [0.3, 0.4) is 0 Å². The van der Waals surface area contributed by atoms with Gasteiger partial charge >= 0.3 is 0 Å². The van der Waals surface area contributed by atoms with E-state index in [9.17, 15) is 13.2 Å².